The maximum Gasteiger partial charge on any atom is 0.259 e. The fourth-order valence-electron chi connectivity index (χ4n) is 3.32. The first-order valence-electron chi connectivity index (χ1n) is 6.58. The highest BCUT2D eigenvalue weighted by Crippen LogP contribution is 2.77. The van der Waals surface area contributed by atoms with E-state index < -0.39 is 37.7 Å². The van der Waals surface area contributed by atoms with Crippen LogP contribution in [-0.2, 0) is 14.4 Å². The van der Waals surface area contributed by atoms with Crippen LogP contribution in [-0.4, -0.2) is 37.6 Å². The van der Waals surface area contributed by atoms with Gasteiger partial charge in [-0.05, 0) is 13.0 Å². The van der Waals surface area contributed by atoms with Gasteiger partial charge in [0.25, 0.3) is 11.8 Å². The molecule has 11 heteroatoms. The number of amides is 2. The summed E-state index contributed by atoms with van der Waals surface area (Å²) in [5.74, 6) is -3.88. The predicted octanol–water partition coefficient (Wildman–Crippen LogP) is 4.51. The summed E-state index contributed by atoms with van der Waals surface area (Å²) in [6.07, 6.45) is 1.48. The number of hydroxylamine groups is 2. The first-order valence-corrected chi connectivity index (χ1v) is 9.23. The van der Waals surface area contributed by atoms with Gasteiger partial charge in [0.2, 0.25) is 0 Å². The SMILES string of the molecule is C/C(Cl)=C/CON1C(=O)[C@H]2[C@H](C1=O)[C@@]1(Cl)C(Cl)=C(Cl)[C@@]2(Cl)C1(Cl)Cl. The summed E-state index contributed by atoms with van der Waals surface area (Å²) >= 11 is 43.7. The fourth-order valence-corrected chi connectivity index (χ4v) is 6.32. The maximum atomic E-state index is 12.7. The average Bonchev–Trinajstić information content (AvgIpc) is 2.86. The van der Waals surface area contributed by atoms with Crippen molar-refractivity contribution in [1.82, 2.24) is 5.06 Å². The van der Waals surface area contributed by atoms with Crippen LogP contribution in [0.4, 0.5) is 0 Å². The molecular formula is C13H8Cl7NO3. The van der Waals surface area contributed by atoms with Crippen molar-refractivity contribution in [1.29, 1.82) is 0 Å². The molecule has 0 aromatic carbocycles. The molecule has 24 heavy (non-hydrogen) atoms. The smallest absolute Gasteiger partial charge is 0.259 e. The quantitative estimate of drug-likeness (QED) is 0.447. The van der Waals surface area contributed by atoms with E-state index in [0.29, 0.717) is 10.1 Å². The molecule has 1 saturated carbocycles. The van der Waals surface area contributed by atoms with Gasteiger partial charge in [-0.3, -0.25) is 14.4 Å². The van der Waals surface area contributed by atoms with Crippen molar-refractivity contribution in [3.8, 4) is 0 Å². The lowest BCUT2D eigenvalue weighted by Crippen LogP contribution is -2.50. The molecule has 132 valence electrons. The van der Waals surface area contributed by atoms with E-state index >= 15 is 0 Å². The number of halogens is 7. The van der Waals surface area contributed by atoms with Crippen LogP contribution in [0, 0.1) is 11.8 Å². The molecule has 1 saturated heterocycles. The number of fused-ring (bicyclic) bond motifs is 5. The third-order valence-corrected chi connectivity index (χ3v) is 8.85. The monoisotopic (exact) mass is 471 g/mol. The molecule has 0 N–H and O–H groups in total. The summed E-state index contributed by atoms with van der Waals surface area (Å²) in [6, 6.07) is 0. The first kappa shape index (κ1) is 19.4. The van der Waals surface area contributed by atoms with Crippen LogP contribution in [0.3, 0.4) is 0 Å². The standard InChI is InChI=1S/C13H8Cl7NO3/c1-4(14)2-3-24-21-9(22)5-6(10(21)23)12(18)8(16)7(15)11(5,17)13(12,19)20/h2,5-6H,3H2,1H3/b4-2-/t5-,6-,11-,12-/m1/s1. The molecule has 0 aromatic rings. The zero-order chi connectivity index (χ0) is 18.2. The van der Waals surface area contributed by atoms with Crippen molar-refractivity contribution in [2.45, 2.75) is 21.0 Å². The molecule has 1 aliphatic heterocycles. The highest BCUT2D eigenvalue weighted by atomic mass is 35.5. The van der Waals surface area contributed by atoms with E-state index in [-0.39, 0.29) is 16.7 Å². The van der Waals surface area contributed by atoms with E-state index in [1.54, 1.807) is 6.92 Å². The summed E-state index contributed by atoms with van der Waals surface area (Å²) in [5, 5.41) is 0.728. The van der Waals surface area contributed by atoms with E-state index in [0.717, 1.165) is 0 Å². The van der Waals surface area contributed by atoms with Crippen LogP contribution in [0.2, 0.25) is 0 Å². The summed E-state index contributed by atoms with van der Waals surface area (Å²) < 4.78 is -1.95. The van der Waals surface area contributed by atoms with E-state index in [9.17, 15) is 9.59 Å². The Labute approximate surface area is 172 Å². The number of nitrogens with zero attached hydrogens (tertiary/aromatic N) is 1. The molecule has 1 heterocycles. The van der Waals surface area contributed by atoms with E-state index in [4.69, 9.17) is 86.0 Å². The second-order valence-corrected chi connectivity index (χ2v) is 9.51. The Bertz CT molecular complexity index is 670. The minimum absolute atomic E-state index is 0.0986. The third kappa shape index (κ3) is 2.00. The highest BCUT2D eigenvalue weighted by molar-refractivity contribution is 6.66. The van der Waals surface area contributed by atoms with Gasteiger partial charge in [0.15, 0.2) is 4.33 Å². The minimum Gasteiger partial charge on any atom is -0.272 e. The minimum atomic E-state index is -1.95. The van der Waals surface area contributed by atoms with Crippen LogP contribution in [0.25, 0.3) is 0 Å². The number of imide groups is 1. The van der Waals surface area contributed by atoms with Crippen molar-refractivity contribution in [3.63, 3.8) is 0 Å². The highest BCUT2D eigenvalue weighted by Gasteiger charge is 2.87. The van der Waals surface area contributed by atoms with E-state index in [2.05, 4.69) is 0 Å². The van der Waals surface area contributed by atoms with Crippen LogP contribution < -0.4 is 0 Å². The Kier molecular flexibility index (Phi) is 4.68. The van der Waals surface area contributed by atoms with Crippen molar-refractivity contribution in [2.75, 3.05) is 6.61 Å². The van der Waals surface area contributed by atoms with Gasteiger partial charge in [-0.25, -0.2) is 0 Å². The normalized spacial score (nSPS) is 40.8. The van der Waals surface area contributed by atoms with Gasteiger partial charge in [0.1, 0.15) is 9.75 Å². The van der Waals surface area contributed by atoms with Gasteiger partial charge < -0.3 is 0 Å². The number of hydrogen-bond donors (Lipinski definition) is 0. The van der Waals surface area contributed by atoms with Crippen LogP contribution in [0.1, 0.15) is 6.92 Å². The predicted molar refractivity (Wildman–Crippen MR) is 94.7 cm³/mol. The van der Waals surface area contributed by atoms with Crippen LogP contribution >= 0.6 is 81.2 Å². The molecule has 0 unspecified atom stereocenters. The molecule has 2 fully saturated rings. The molecule has 4 atom stereocenters. The maximum absolute atomic E-state index is 12.7. The molecule has 0 spiro atoms. The van der Waals surface area contributed by atoms with E-state index in [1.165, 1.54) is 6.08 Å². The zero-order valence-corrected chi connectivity index (χ0v) is 17.0. The second-order valence-electron chi connectivity index (χ2n) is 5.64. The Morgan fingerprint density at radius 3 is 1.88 bits per heavy atom. The number of carbonyl (C=O) groups excluding carboxylic acids is 2. The van der Waals surface area contributed by atoms with Crippen LogP contribution in [0.15, 0.2) is 21.2 Å². The summed E-state index contributed by atoms with van der Waals surface area (Å²) in [4.78, 5) is 26.9. The molecule has 2 bridgehead atoms. The fraction of sp³-hybridized carbons (Fsp3) is 0.538. The lowest BCUT2D eigenvalue weighted by atomic mass is 9.84. The second kappa shape index (κ2) is 5.80. The molecule has 0 aromatic heterocycles. The Morgan fingerprint density at radius 2 is 1.50 bits per heavy atom. The van der Waals surface area contributed by atoms with Crippen molar-refractivity contribution < 1.29 is 14.4 Å². The summed E-state index contributed by atoms with van der Waals surface area (Å²) in [5.41, 5.74) is 0. The number of rotatable bonds is 3. The van der Waals surface area contributed by atoms with Crippen molar-refractivity contribution >= 4 is 93.0 Å². The lowest BCUT2D eigenvalue weighted by molar-refractivity contribution is -0.186. The summed E-state index contributed by atoms with van der Waals surface area (Å²) in [7, 11) is 0. The molecule has 2 amide bonds. The van der Waals surface area contributed by atoms with Gasteiger partial charge in [0.05, 0.1) is 28.5 Å². The largest absolute Gasteiger partial charge is 0.272 e. The van der Waals surface area contributed by atoms with Gasteiger partial charge in [-0.15, -0.1) is 23.2 Å². The molecular weight excluding hydrogens is 466 g/mol. The van der Waals surface area contributed by atoms with E-state index in [1.807, 2.05) is 0 Å². The third-order valence-electron chi connectivity index (χ3n) is 4.44. The molecule has 0 radical (unpaired) electrons. The number of carbonyl (C=O) groups is 2. The lowest BCUT2D eigenvalue weighted by Gasteiger charge is -2.34. The van der Waals surface area contributed by atoms with Gasteiger partial charge >= 0.3 is 0 Å². The molecule has 4 nitrogen and oxygen atoms in total. The number of alkyl halides is 4. The van der Waals surface area contributed by atoms with Crippen molar-refractivity contribution in [2.24, 2.45) is 11.8 Å². The number of hydrogen-bond acceptors (Lipinski definition) is 3. The molecule has 3 rings (SSSR count). The Morgan fingerprint density at radius 1 is 1.08 bits per heavy atom. The van der Waals surface area contributed by atoms with Gasteiger partial charge in [-0.1, -0.05) is 58.0 Å². The Hall–Kier alpha value is 0.610. The van der Waals surface area contributed by atoms with Gasteiger partial charge in [0, 0.05) is 5.03 Å². The zero-order valence-electron chi connectivity index (χ0n) is 11.8. The van der Waals surface area contributed by atoms with Crippen LogP contribution in [0.5, 0.6) is 0 Å². The summed E-state index contributed by atoms with van der Waals surface area (Å²) in [6.45, 7) is 1.52. The first-order chi connectivity index (χ1) is 10.9. The molecule has 2 aliphatic carbocycles. The topological polar surface area (TPSA) is 46.6 Å². The van der Waals surface area contributed by atoms with Crippen molar-refractivity contribution in [3.05, 3.63) is 21.2 Å². The average molecular weight is 474 g/mol. The van der Waals surface area contributed by atoms with Gasteiger partial charge in [-0.2, -0.15) is 5.06 Å². The number of allylic oxidation sites excluding steroid dienone is 3. The Balaban J connectivity index is 2.04. The molecule has 3 aliphatic rings.